The van der Waals surface area contributed by atoms with Gasteiger partial charge in [0.15, 0.2) is 11.3 Å². The molecule has 4 amide bonds. The molecule has 356 valence electrons. The smallest absolute Gasteiger partial charge is 1.00 e. The quantitative estimate of drug-likeness (QED) is 0.130. The van der Waals surface area contributed by atoms with Crippen molar-refractivity contribution in [1.82, 2.24) is 39.0 Å². The predicted molar refractivity (Wildman–Crippen MR) is 252 cm³/mol. The van der Waals surface area contributed by atoms with Gasteiger partial charge in [-0.3, -0.25) is 0 Å². The monoisotopic (exact) mass is 1040 g/mol. The number of hydrogen-bond donors (Lipinski definition) is 3. The molecule has 4 aromatic heterocycles. The van der Waals surface area contributed by atoms with Crippen molar-refractivity contribution in [3.63, 3.8) is 0 Å². The first-order valence-electron chi connectivity index (χ1n) is 21.5. The molecule has 4 saturated heterocycles. The number of nitrogens with zero attached hydrogens (tertiary/aromatic N) is 10. The molecule has 0 unspecified atom stereocenters. The summed E-state index contributed by atoms with van der Waals surface area (Å²) in [4.78, 5) is 42.4. The van der Waals surface area contributed by atoms with Crippen LogP contribution in [0.2, 0.25) is 0 Å². The maximum atomic E-state index is 14.7. The fraction of sp³-hybridized carbons (Fsp3) is 0.438. The van der Waals surface area contributed by atoms with Gasteiger partial charge in [0.1, 0.15) is 34.6 Å². The van der Waals surface area contributed by atoms with Crippen LogP contribution in [-0.4, -0.2) is 102 Å². The first-order chi connectivity index (χ1) is 30.0. The molecule has 0 radical (unpaired) electrons. The minimum Gasteiger partial charge on any atom is -1.00 e. The Balaban J connectivity index is 0.000000272. The van der Waals surface area contributed by atoms with Crippen molar-refractivity contribution in [3.8, 4) is 0 Å². The third kappa shape index (κ3) is 11.8. The van der Waals surface area contributed by atoms with Crippen LogP contribution in [0, 0.1) is 38.8 Å². The van der Waals surface area contributed by atoms with Crippen molar-refractivity contribution in [1.29, 1.82) is 0 Å². The number of rotatable bonds is 6. The zero-order valence-electron chi connectivity index (χ0n) is 37.6. The fourth-order valence-corrected chi connectivity index (χ4v) is 9.18. The fourth-order valence-electron chi connectivity index (χ4n) is 9.18. The molecule has 4 aliphatic heterocycles. The Morgan fingerprint density at radius 2 is 1.12 bits per heavy atom. The molecule has 6 aromatic rings. The molecule has 67 heavy (non-hydrogen) atoms. The van der Waals surface area contributed by atoms with Gasteiger partial charge in [-0.2, -0.15) is 10.2 Å². The summed E-state index contributed by atoms with van der Waals surface area (Å²) in [6.45, 7) is 9.89. The largest absolute Gasteiger partial charge is 1.00 e. The summed E-state index contributed by atoms with van der Waals surface area (Å²) in [7, 11) is 0. The van der Waals surface area contributed by atoms with Gasteiger partial charge in [-0.1, -0.05) is 46.0 Å². The van der Waals surface area contributed by atoms with Gasteiger partial charge in [0.2, 0.25) is 0 Å². The van der Waals surface area contributed by atoms with Crippen LogP contribution < -0.4 is 74.0 Å². The number of aliphatic hydroxyl groups excluding tert-OH is 1. The van der Waals surface area contributed by atoms with Crippen molar-refractivity contribution in [2.45, 2.75) is 92.3 Å². The molecule has 4 atom stereocenters. The van der Waals surface area contributed by atoms with Crippen molar-refractivity contribution >= 4 is 46.4 Å². The predicted octanol–water partition coefficient (Wildman–Crippen LogP) is 3.24. The summed E-state index contributed by atoms with van der Waals surface area (Å²) in [5.74, 6) is 1.65. The zero-order valence-corrected chi connectivity index (χ0v) is 41.8. The number of β-amino-alcohol motifs (C(OH)–C–C–N with tert-alkyl or cyclic N) is 1. The Bertz CT molecular complexity index is 2450. The van der Waals surface area contributed by atoms with Crippen LogP contribution in [0.1, 0.15) is 94.6 Å². The van der Waals surface area contributed by atoms with Crippen LogP contribution in [0.4, 0.5) is 41.4 Å². The molecule has 19 heteroatoms. The van der Waals surface area contributed by atoms with E-state index in [4.69, 9.17) is 9.97 Å². The van der Waals surface area contributed by atoms with E-state index >= 15 is 0 Å². The van der Waals surface area contributed by atoms with Crippen LogP contribution in [0.3, 0.4) is 0 Å². The van der Waals surface area contributed by atoms with Crippen LogP contribution in [0.5, 0.6) is 0 Å². The van der Waals surface area contributed by atoms with Crippen LogP contribution >= 0.6 is 0 Å². The molecule has 0 bridgehead atoms. The zero-order chi connectivity index (χ0) is 43.1. The molecular weight excluding hydrogens is 980 g/mol. The maximum absolute atomic E-state index is 14.7. The van der Waals surface area contributed by atoms with E-state index in [1.54, 1.807) is 44.7 Å². The van der Waals surface area contributed by atoms with Crippen LogP contribution in [-0.2, 0) is 0 Å². The molecule has 3 N–H and O–H groups in total. The third-order valence-corrected chi connectivity index (χ3v) is 12.5. The number of benzene rings is 2. The number of nitrogens with one attached hydrogen (secondary N) is 2. The molecule has 2 aromatic carbocycles. The number of aliphatic hydroxyl groups is 1. The Hall–Kier alpha value is -4.63. The van der Waals surface area contributed by atoms with Gasteiger partial charge in [-0.25, -0.2) is 37.4 Å². The normalized spacial score (nSPS) is 19.7. The van der Waals surface area contributed by atoms with Gasteiger partial charge >= 0.3 is 41.6 Å². The second-order valence-electron chi connectivity index (χ2n) is 17.1. The summed E-state index contributed by atoms with van der Waals surface area (Å²) < 4.78 is 32.6. The number of fused-ring (bicyclic) bond motifs is 2. The van der Waals surface area contributed by atoms with E-state index in [1.165, 1.54) is 0 Å². The van der Waals surface area contributed by atoms with E-state index in [9.17, 15) is 23.5 Å². The second kappa shape index (κ2) is 23.6. The molecule has 0 aliphatic carbocycles. The van der Waals surface area contributed by atoms with Crippen molar-refractivity contribution in [3.05, 3.63) is 115 Å². The number of urea groups is 2. The number of likely N-dealkylation sites (tertiary alicyclic amines) is 2. The number of anilines is 4. The Morgan fingerprint density at radius 3 is 1.52 bits per heavy atom. The average molecular weight is 1040 g/mol. The van der Waals surface area contributed by atoms with Gasteiger partial charge in [-0.05, 0) is 93.7 Å². The van der Waals surface area contributed by atoms with Gasteiger partial charge in [0.25, 0.3) is 0 Å². The minimum absolute atomic E-state index is 0. The molecule has 4 fully saturated rings. The van der Waals surface area contributed by atoms with E-state index in [2.05, 4.69) is 37.6 Å². The number of amides is 4. The van der Waals surface area contributed by atoms with Gasteiger partial charge in [0, 0.05) is 62.8 Å². The maximum Gasteiger partial charge on any atom is 1.00 e. The molecule has 0 saturated carbocycles. The Labute approximate surface area is 432 Å². The first-order valence-corrected chi connectivity index (χ1v) is 21.5. The second-order valence-corrected chi connectivity index (χ2v) is 17.1. The number of halogens is 3. The minimum atomic E-state index is -0.478. The third-order valence-electron chi connectivity index (χ3n) is 12.5. The summed E-state index contributed by atoms with van der Waals surface area (Å²) in [5, 5.41) is 24.1. The molecule has 15 nitrogen and oxygen atoms in total. The van der Waals surface area contributed by atoms with Gasteiger partial charge < -0.3 is 66.7 Å². The number of aromatic nitrogens is 6. The van der Waals surface area contributed by atoms with Crippen molar-refractivity contribution in [2.75, 3.05) is 59.7 Å². The SMILES string of the molecule is C.C.Cc1ccc([C@H]2CCCN2c2ccn3ncc(NC(=O)N4CC[C@H](C)C4)c3n2)c(F)c1.Cc1ccc([C@H]2CCCN2c2ccn3ncc(NC(=O)N4CC[C@H](O)C4)c3n2)c(F)c1.[CH3-].[I-].[Na+]. The Morgan fingerprint density at radius 1 is 0.672 bits per heavy atom. The topological polar surface area (TPSA) is 152 Å². The van der Waals surface area contributed by atoms with Crippen LogP contribution in [0.25, 0.3) is 11.3 Å². The van der Waals surface area contributed by atoms with E-state index in [-0.39, 0.29) is 112 Å². The van der Waals surface area contributed by atoms with Gasteiger partial charge in [-0.15, -0.1) is 0 Å². The van der Waals surface area contributed by atoms with Crippen molar-refractivity contribution in [2.24, 2.45) is 5.92 Å². The average Bonchev–Trinajstić information content (AvgIpc) is 4.12. The number of aryl methyl sites for hydroxylation is 2. The molecular formula is C48H63F2IN12NaO3-. The summed E-state index contributed by atoms with van der Waals surface area (Å²) in [6.07, 6.45) is 11.6. The van der Waals surface area contributed by atoms with Crippen LogP contribution in [0.15, 0.2) is 73.3 Å². The van der Waals surface area contributed by atoms with E-state index < -0.39 is 6.10 Å². The summed E-state index contributed by atoms with van der Waals surface area (Å²) in [5.41, 5.74) is 5.41. The van der Waals surface area contributed by atoms with E-state index in [0.29, 0.717) is 59.2 Å². The molecule has 8 heterocycles. The standard InChI is InChI=1S/C23H27FN6O.C22H25FN6O2.2CH4.CH3.HI.Na/c1-15-5-6-17(18(24)12-15)20-4-3-9-29(20)21-8-11-30-22(27-21)19(13-25-30)26-23(31)28-10-7-16(2)14-28;1-14-4-5-16(17(23)11-14)19-3-2-8-28(19)20-7-10-29-21(26-20)18(12-24-29)25-22(31)27-9-6-15(30)13-27;;;;;/h5-6,8,11-13,16,20H,3-4,7,9-10,14H2,1-2H3,(H,26,31);4-5,7,10-12,15,19,30H,2-3,6,8-9,13H2,1H3,(H,25,31);2*1H4;1H3;1H;/q;;;;-1;;+1/p-1/t16-,20+;15-,19+;;;;;/m00...../s1. The number of carbonyl (C=O) groups is 2. The summed E-state index contributed by atoms with van der Waals surface area (Å²) in [6, 6.07) is 14.0. The molecule has 4 aliphatic rings. The van der Waals surface area contributed by atoms with E-state index in [0.717, 1.165) is 81.0 Å². The van der Waals surface area contributed by atoms with Gasteiger partial charge in [0.05, 0.1) is 30.6 Å². The summed E-state index contributed by atoms with van der Waals surface area (Å²) >= 11 is 0. The Kier molecular flexibility index (Phi) is 19.4. The molecule has 10 rings (SSSR count). The molecule has 0 spiro atoms. The number of hydrogen-bond acceptors (Lipinski definition) is 9. The number of carbonyl (C=O) groups excluding carboxylic acids is 2. The first kappa shape index (κ1) is 55.0. The van der Waals surface area contributed by atoms with E-state index in [1.807, 2.05) is 61.3 Å². The van der Waals surface area contributed by atoms with Crippen molar-refractivity contribution < 1.29 is 77.0 Å².